The van der Waals surface area contributed by atoms with Crippen molar-refractivity contribution >= 4 is 27.5 Å². The lowest BCUT2D eigenvalue weighted by Gasteiger charge is -2.21. The molecule has 3 aromatic carbocycles. The predicted molar refractivity (Wildman–Crippen MR) is 135 cm³/mol. The van der Waals surface area contributed by atoms with Gasteiger partial charge in [-0.25, -0.2) is 8.42 Å². The van der Waals surface area contributed by atoms with Crippen LogP contribution in [0.4, 0.5) is 5.69 Å². The van der Waals surface area contributed by atoms with Gasteiger partial charge >= 0.3 is 0 Å². The Kier molecular flexibility index (Phi) is 7.94. The van der Waals surface area contributed by atoms with Gasteiger partial charge in [0.05, 0.1) is 4.90 Å². The third-order valence-electron chi connectivity index (χ3n) is 5.96. The molecule has 182 valence electrons. The van der Waals surface area contributed by atoms with Crippen LogP contribution in [0.3, 0.4) is 0 Å². The molecule has 0 fully saturated rings. The lowest BCUT2D eigenvalue weighted by atomic mass is 10.0. The summed E-state index contributed by atoms with van der Waals surface area (Å²) in [5.74, 6) is -0.450. The van der Waals surface area contributed by atoms with Crippen molar-refractivity contribution in [1.29, 1.82) is 0 Å². The molecule has 7 nitrogen and oxygen atoms in total. The van der Waals surface area contributed by atoms with Crippen LogP contribution in [0, 0.1) is 0 Å². The number of hydrogen-bond acceptors (Lipinski definition) is 4. The third-order valence-corrected chi connectivity index (χ3v) is 7.43. The SMILES string of the molecule is O=C1CCc2cc(S(=O)(=O)N[C@H](Cc3ccccc3)C(=O)NCCCc3ccccc3)ccc2N1. The number of amides is 2. The number of carbonyl (C=O) groups is 2. The number of nitrogens with one attached hydrogen (secondary N) is 3. The monoisotopic (exact) mass is 491 g/mol. The molecule has 0 saturated heterocycles. The smallest absolute Gasteiger partial charge is 0.241 e. The molecule has 3 aromatic rings. The molecule has 0 saturated carbocycles. The highest BCUT2D eigenvalue weighted by molar-refractivity contribution is 7.89. The van der Waals surface area contributed by atoms with E-state index in [-0.39, 0.29) is 23.1 Å². The zero-order chi connectivity index (χ0) is 24.7. The first-order valence-corrected chi connectivity index (χ1v) is 13.2. The van der Waals surface area contributed by atoms with Gasteiger partial charge in [-0.2, -0.15) is 4.72 Å². The molecule has 1 aliphatic rings. The highest BCUT2D eigenvalue weighted by atomic mass is 32.2. The van der Waals surface area contributed by atoms with Crippen LogP contribution in [0.1, 0.15) is 29.5 Å². The maximum atomic E-state index is 13.2. The van der Waals surface area contributed by atoms with Crippen LogP contribution in [0.5, 0.6) is 0 Å². The summed E-state index contributed by atoms with van der Waals surface area (Å²) in [6.45, 7) is 0.444. The number of anilines is 1. The molecule has 0 unspecified atom stereocenters. The minimum atomic E-state index is -3.97. The summed E-state index contributed by atoms with van der Waals surface area (Å²) in [5.41, 5.74) is 3.43. The van der Waals surface area contributed by atoms with Gasteiger partial charge in [0.15, 0.2) is 0 Å². The zero-order valence-electron chi connectivity index (χ0n) is 19.4. The first-order valence-electron chi connectivity index (χ1n) is 11.7. The van der Waals surface area contributed by atoms with E-state index in [2.05, 4.69) is 15.4 Å². The van der Waals surface area contributed by atoms with Gasteiger partial charge in [-0.15, -0.1) is 0 Å². The Morgan fingerprint density at radius 1 is 0.914 bits per heavy atom. The number of hydrogen-bond donors (Lipinski definition) is 3. The van der Waals surface area contributed by atoms with Crippen molar-refractivity contribution in [1.82, 2.24) is 10.0 Å². The summed E-state index contributed by atoms with van der Waals surface area (Å²) in [4.78, 5) is 24.7. The van der Waals surface area contributed by atoms with Crippen LogP contribution in [-0.2, 0) is 38.9 Å². The number of fused-ring (bicyclic) bond motifs is 1. The quantitative estimate of drug-likeness (QED) is 0.379. The van der Waals surface area contributed by atoms with Crippen LogP contribution in [0.2, 0.25) is 0 Å². The van der Waals surface area contributed by atoms with Gasteiger partial charge in [-0.3, -0.25) is 9.59 Å². The largest absolute Gasteiger partial charge is 0.355 e. The van der Waals surface area contributed by atoms with Crippen LogP contribution in [0.15, 0.2) is 83.8 Å². The molecule has 4 rings (SSSR count). The van der Waals surface area contributed by atoms with Crippen LogP contribution < -0.4 is 15.4 Å². The Morgan fingerprint density at radius 2 is 1.60 bits per heavy atom. The second kappa shape index (κ2) is 11.3. The molecule has 35 heavy (non-hydrogen) atoms. The highest BCUT2D eigenvalue weighted by Crippen LogP contribution is 2.25. The van der Waals surface area contributed by atoms with Crippen molar-refractivity contribution in [2.75, 3.05) is 11.9 Å². The predicted octanol–water partition coefficient (Wildman–Crippen LogP) is 3.21. The number of carbonyl (C=O) groups excluding carboxylic acids is 2. The van der Waals surface area contributed by atoms with E-state index in [0.29, 0.717) is 25.1 Å². The average Bonchev–Trinajstić information content (AvgIpc) is 2.87. The fraction of sp³-hybridized carbons (Fsp3) is 0.259. The topological polar surface area (TPSA) is 104 Å². The van der Waals surface area contributed by atoms with E-state index in [4.69, 9.17) is 0 Å². The Balaban J connectivity index is 1.45. The zero-order valence-corrected chi connectivity index (χ0v) is 20.2. The van der Waals surface area contributed by atoms with Gasteiger partial charge in [0.2, 0.25) is 21.8 Å². The van der Waals surface area contributed by atoms with Gasteiger partial charge in [0, 0.05) is 18.7 Å². The minimum Gasteiger partial charge on any atom is -0.355 e. The molecule has 2 amide bonds. The normalized spacial score (nSPS) is 14.0. The van der Waals surface area contributed by atoms with Gasteiger partial charge in [-0.1, -0.05) is 60.7 Å². The van der Waals surface area contributed by atoms with Gasteiger partial charge in [-0.05, 0) is 60.6 Å². The Bertz CT molecular complexity index is 1280. The molecule has 0 spiro atoms. The molecular weight excluding hydrogens is 462 g/mol. The molecule has 3 N–H and O–H groups in total. The van der Waals surface area contributed by atoms with E-state index in [1.807, 2.05) is 60.7 Å². The Morgan fingerprint density at radius 3 is 2.31 bits per heavy atom. The number of benzene rings is 3. The molecule has 1 atom stereocenters. The van der Waals surface area contributed by atoms with E-state index in [1.54, 1.807) is 12.1 Å². The van der Waals surface area contributed by atoms with Gasteiger partial charge in [0.1, 0.15) is 6.04 Å². The summed E-state index contributed by atoms with van der Waals surface area (Å²) < 4.78 is 29.1. The van der Waals surface area contributed by atoms with Crippen LogP contribution >= 0.6 is 0 Å². The van der Waals surface area contributed by atoms with Gasteiger partial charge < -0.3 is 10.6 Å². The first kappa shape index (κ1) is 24.6. The number of rotatable bonds is 10. The average molecular weight is 492 g/mol. The Labute approximate surface area is 206 Å². The standard InChI is InChI=1S/C27H29N3O4S/c31-26-16-13-22-19-23(14-15-24(22)29-26)35(33,34)30-25(18-21-10-5-2-6-11-21)27(32)28-17-7-12-20-8-3-1-4-9-20/h1-6,8-11,14-15,19,25,30H,7,12-13,16-18H2,(H,28,32)(H,29,31)/t25-/m1/s1. The number of sulfonamides is 1. The maximum Gasteiger partial charge on any atom is 0.241 e. The lowest BCUT2D eigenvalue weighted by molar-refractivity contribution is -0.122. The summed E-state index contributed by atoms with van der Waals surface area (Å²) >= 11 is 0. The second-order valence-corrected chi connectivity index (χ2v) is 10.3. The van der Waals surface area contributed by atoms with Crippen LogP contribution in [0.25, 0.3) is 0 Å². The van der Waals surface area contributed by atoms with E-state index >= 15 is 0 Å². The fourth-order valence-corrected chi connectivity index (χ4v) is 5.34. The molecule has 0 radical (unpaired) electrons. The summed E-state index contributed by atoms with van der Waals surface area (Å²) in [7, 11) is -3.97. The molecule has 8 heteroatoms. The number of aryl methyl sites for hydroxylation is 2. The van der Waals surface area contributed by atoms with Crippen molar-refractivity contribution < 1.29 is 18.0 Å². The van der Waals surface area contributed by atoms with Crippen molar-refractivity contribution in [3.63, 3.8) is 0 Å². The second-order valence-electron chi connectivity index (χ2n) is 8.61. The molecular formula is C27H29N3O4S. The lowest BCUT2D eigenvalue weighted by Crippen LogP contribution is -2.48. The van der Waals surface area contributed by atoms with E-state index < -0.39 is 16.1 Å². The summed E-state index contributed by atoms with van der Waals surface area (Å²) in [6, 6.07) is 23.0. The van der Waals surface area contributed by atoms with E-state index in [9.17, 15) is 18.0 Å². The van der Waals surface area contributed by atoms with Crippen molar-refractivity contribution in [3.8, 4) is 0 Å². The van der Waals surface area contributed by atoms with Crippen molar-refractivity contribution in [3.05, 3.63) is 95.6 Å². The van der Waals surface area contributed by atoms with Gasteiger partial charge in [0.25, 0.3) is 0 Å². The molecule has 1 aliphatic heterocycles. The first-order chi connectivity index (χ1) is 16.9. The molecule has 0 aliphatic carbocycles. The van der Waals surface area contributed by atoms with Crippen molar-refractivity contribution in [2.24, 2.45) is 0 Å². The molecule has 0 aromatic heterocycles. The van der Waals surface area contributed by atoms with E-state index in [1.165, 1.54) is 11.6 Å². The third kappa shape index (κ3) is 6.77. The summed E-state index contributed by atoms with van der Waals surface area (Å²) in [5, 5.41) is 5.64. The summed E-state index contributed by atoms with van der Waals surface area (Å²) in [6.07, 6.45) is 2.58. The Hall–Kier alpha value is -3.49. The molecule has 0 bridgehead atoms. The van der Waals surface area contributed by atoms with E-state index in [0.717, 1.165) is 24.0 Å². The maximum absolute atomic E-state index is 13.2. The highest BCUT2D eigenvalue weighted by Gasteiger charge is 2.27. The van der Waals surface area contributed by atoms with Crippen molar-refractivity contribution in [2.45, 2.75) is 43.0 Å². The van der Waals surface area contributed by atoms with Crippen LogP contribution in [-0.4, -0.2) is 32.8 Å². The molecule has 1 heterocycles. The fourth-order valence-electron chi connectivity index (χ4n) is 4.09. The minimum absolute atomic E-state index is 0.0716.